The van der Waals surface area contributed by atoms with Gasteiger partial charge in [0.05, 0.1) is 5.69 Å². The molecule has 1 amide bonds. The zero-order valence-corrected chi connectivity index (χ0v) is 12.6. The van der Waals surface area contributed by atoms with Crippen LogP contribution >= 0.6 is 11.3 Å². The molecular formula is C16H14N2O3S. The fourth-order valence-electron chi connectivity index (χ4n) is 2.65. The van der Waals surface area contributed by atoms with Crippen LogP contribution < -0.4 is 5.32 Å². The Bertz CT molecular complexity index is 767. The minimum Gasteiger partial charge on any atom is -0.494 e. The van der Waals surface area contributed by atoms with E-state index in [2.05, 4.69) is 22.4 Å². The van der Waals surface area contributed by atoms with Gasteiger partial charge in [-0.05, 0) is 18.4 Å². The number of ether oxygens (including phenoxy) is 2. The van der Waals surface area contributed by atoms with Crippen LogP contribution in [0.5, 0.6) is 0 Å². The molecule has 2 aliphatic rings. The number of fused-ring (bicyclic) bond motifs is 3. The van der Waals surface area contributed by atoms with E-state index in [1.54, 1.807) is 0 Å². The largest absolute Gasteiger partial charge is 0.494 e. The average molecular weight is 314 g/mol. The molecule has 1 aromatic heterocycles. The van der Waals surface area contributed by atoms with Crippen molar-refractivity contribution in [2.24, 2.45) is 0 Å². The molecule has 4 rings (SSSR count). The Hall–Kier alpha value is -2.34. The zero-order valence-electron chi connectivity index (χ0n) is 11.8. The highest BCUT2D eigenvalue weighted by Gasteiger charge is 2.22. The number of nitrogens with zero attached hydrogens (tertiary/aromatic N) is 1. The summed E-state index contributed by atoms with van der Waals surface area (Å²) >= 11 is 1.52. The number of nitrogens with one attached hydrogen (secondary N) is 1. The van der Waals surface area contributed by atoms with Crippen molar-refractivity contribution < 1.29 is 14.3 Å². The van der Waals surface area contributed by atoms with E-state index in [4.69, 9.17) is 9.47 Å². The average Bonchev–Trinajstić information content (AvgIpc) is 2.98. The van der Waals surface area contributed by atoms with Crippen LogP contribution in [0.25, 0.3) is 11.3 Å². The van der Waals surface area contributed by atoms with Crippen LogP contribution in [0.4, 0.5) is 5.13 Å². The Morgan fingerprint density at radius 3 is 3.00 bits per heavy atom. The first kappa shape index (κ1) is 13.3. The molecule has 0 saturated carbocycles. The molecule has 22 heavy (non-hydrogen) atoms. The van der Waals surface area contributed by atoms with Gasteiger partial charge in [0.1, 0.15) is 19.5 Å². The van der Waals surface area contributed by atoms with Crippen molar-refractivity contribution in [2.45, 2.75) is 12.8 Å². The minimum atomic E-state index is -0.320. The Morgan fingerprint density at radius 2 is 2.14 bits per heavy atom. The summed E-state index contributed by atoms with van der Waals surface area (Å²) in [4.78, 5) is 17.9. The van der Waals surface area contributed by atoms with E-state index < -0.39 is 0 Å². The van der Waals surface area contributed by atoms with Crippen LogP contribution in [-0.4, -0.2) is 24.1 Å². The summed E-state index contributed by atoms with van der Waals surface area (Å²) in [6.07, 6.45) is 3.32. The van der Waals surface area contributed by atoms with Crippen LogP contribution in [0.1, 0.15) is 10.4 Å². The molecule has 1 aromatic carbocycles. The van der Waals surface area contributed by atoms with Crippen molar-refractivity contribution in [3.8, 4) is 11.3 Å². The molecular weight excluding hydrogens is 300 g/mol. The number of hydrogen-bond donors (Lipinski definition) is 1. The molecule has 0 bridgehead atoms. The van der Waals surface area contributed by atoms with Crippen molar-refractivity contribution in [1.82, 2.24) is 4.98 Å². The molecule has 5 nitrogen and oxygen atoms in total. The van der Waals surface area contributed by atoms with E-state index in [1.807, 2.05) is 12.1 Å². The number of carbonyl (C=O) groups is 1. The lowest BCUT2D eigenvalue weighted by Gasteiger charge is -2.14. The van der Waals surface area contributed by atoms with Gasteiger partial charge in [0.15, 0.2) is 5.13 Å². The van der Waals surface area contributed by atoms with E-state index >= 15 is 0 Å². The second-order valence-corrected chi connectivity index (χ2v) is 6.19. The standard InChI is InChI=1S/C16H14N2O3S/c19-15(12-9-20-7-8-21-12)18-16-17-14-11-4-2-1-3-10(11)5-6-13(14)22-16/h1-4,9H,5-8H2,(H,17,18,19). The number of aryl methyl sites for hydroxylation is 2. The normalized spacial score (nSPS) is 15.7. The fraction of sp³-hybridized carbons (Fsp3) is 0.250. The summed E-state index contributed by atoms with van der Waals surface area (Å²) in [5.74, 6) is -0.126. The molecule has 1 aliphatic carbocycles. The highest BCUT2D eigenvalue weighted by molar-refractivity contribution is 7.16. The first-order valence-electron chi connectivity index (χ1n) is 7.15. The van der Waals surface area contributed by atoms with E-state index in [0.717, 1.165) is 24.1 Å². The molecule has 6 heteroatoms. The van der Waals surface area contributed by atoms with Gasteiger partial charge in [0, 0.05) is 10.4 Å². The van der Waals surface area contributed by atoms with Crippen molar-refractivity contribution in [2.75, 3.05) is 18.5 Å². The SMILES string of the molecule is O=C(Nc1nc2c(s1)CCc1ccccc1-2)C1=COCCO1. The molecule has 1 aliphatic heterocycles. The fourth-order valence-corrected chi connectivity index (χ4v) is 3.62. The number of anilines is 1. The van der Waals surface area contributed by atoms with Gasteiger partial charge < -0.3 is 9.47 Å². The van der Waals surface area contributed by atoms with Crippen molar-refractivity contribution in [1.29, 1.82) is 0 Å². The summed E-state index contributed by atoms with van der Waals surface area (Å²) in [6.45, 7) is 0.861. The van der Waals surface area contributed by atoms with E-state index in [-0.39, 0.29) is 11.7 Å². The quantitative estimate of drug-likeness (QED) is 0.926. The number of rotatable bonds is 2. The number of aromatic nitrogens is 1. The molecule has 1 N–H and O–H groups in total. The van der Waals surface area contributed by atoms with Gasteiger partial charge in [-0.25, -0.2) is 4.98 Å². The van der Waals surface area contributed by atoms with Crippen LogP contribution in [0.2, 0.25) is 0 Å². The van der Waals surface area contributed by atoms with Crippen LogP contribution in [0.3, 0.4) is 0 Å². The Morgan fingerprint density at radius 1 is 1.23 bits per heavy atom. The lowest BCUT2D eigenvalue weighted by atomic mass is 9.94. The Kier molecular flexibility index (Phi) is 3.31. The first-order valence-corrected chi connectivity index (χ1v) is 7.97. The van der Waals surface area contributed by atoms with Gasteiger partial charge in [-0.2, -0.15) is 0 Å². The van der Waals surface area contributed by atoms with Gasteiger partial charge in [0.2, 0.25) is 5.76 Å². The summed E-state index contributed by atoms with van der Waals surface area (Å²) in [6, 6.07) is 8.28. The summed E-state index contributed by atoms with van der Waals surface area (Å²) in [7, 11) is 0. The number of hydrogen-bond acceptors (Lipinski definition) is 5. The lowest BCUT2D eigenvalue weighted by Crippen LogP contribution is -2.21. The molecule has 2 aromatic rings. The lowest BCUT2D eigenvalue weighted by molar-refractivity contribution is -0.117. The monoisotopic (exact) mass is 314 g/mol. The predicted molar refractivity (Wildman–Crippen MR) is 83.6 cm³/mol. The molecule has 0 saturated heterocycles. The highest BCUT2D eigenvalue weighted by atomic mass is 32.1. The van der Waals surface area contributed by atoms with E-state index in [0.29, 0.717) is 18.3 Å². The van der Waals surface area contributed by atoms with Gasteiger partial charge in [0.25, 0.3) is 5.91 Å². The number of benzene rings is 1. The molecule has 112 valence electrons. The molecule has 0 fully saturated rings. The van der Waals surface area contributed by atoms with Crippen LogP contribution in [0, 0.1) is 0 Å². The summed E-state index contributed by atoms with van der Waals surface area (Å²) in [5, 5.41) is 3.39. The Labute approximate surface area is 131 Å². The van der Waals surface area contributed by atoms with Crippen molar-refractivity contribution >= 4 is 22.4 Å². The van der Waals surface area contributed by atoms with Crippen LogP contribution in [0.15, 0.2) is 36.3 Å². The first-order chi connectivity index (χ1) is 10.8. The van der Waals surface area contributed by atoms with Gasteiger partial charge >= 0.3 is 0 Å². The van der Waals surface area contributed by atoms with Gasteiger partial charge in [-0.1, -0.05) is 24.3 Å². The maximum Gasteiger partial charge on any atom is 0.295 e. The summed E-state index contributed by atoms with van der Waals surface area (Å²) < 4.78 is 10.4. The maximum absolute atomic E-state index is 12.1. The van der Waals surface area contributed by atoms with E-state index in [9.17, 15) is 4.79 Å². The van der Waals surface area contributed by atoms with Gasteiger partial charge in [-0.3, -0.25) is 10.1 Å². The third kappa shape index (κ3) is 2.35. The van der Waals surface area contributed by atoms with Crippen molar-refractivity contribution in [3.05, 3.63) is 46.7 Å². The number of thiazole rings is 1. The third-order valence-corrected chi connectivity index (χ3v) is 4.72. The zero-order chi connectivity index (χ0) is 14.9. The molecule has 0 unspecified atom stereocenters. The Balaban J connectivity index is 1.60. The number of carbonyl (C=O) groups excluding carboxylic acids is 1. The maximum atomic E-state index is 12.1. The molecule has 2 heterocycles. The molecule has 0 atom stereocenters. The smallest absolute Gasteiger partial charge is 0.295 e. The molecule has 0 radical (unpaired) electrons. The topological polar surface area (TPSA) is 60.5 Å². The predicted octanol–water partition coefficient (Wildman–Crippen LogP) is 2.74. The van der Waals surface area contributed by atoms with Crippen molar-refractivity contribution in [3.63, 3.8) is 0 Å². The second-order valence-electron chi connectivity index (χ2n) is 5.10. The second kappa shape index (κ2) is 5.46. The molecule has 0 spiro atoms. The highest BCUT2D eigenvalue weighted by Crippen LogP contribution is 2.38. The minimum absolute atomic E-state index is 0.194. The third-order valence-electron chi connectivity index (χ3n) is 3.68. The van der Waals surface area contributed by atoms with Gasteiger partial charge in [-0.15, -0.1) is 11.3 Å². The number of amides is 1. The van der Waals surface area contributed by atoms with Crippen LogP contribution in [-0.2, 0) is 27.1 Å². The van der Waals surface area contributed by atoms with E-state index in [1.165, 1.54) is 28.0 Å². The summed E-state index contributed by atoms with van der Waals surface area (Å²) in [5.41, 5.74) is 3.46.